The molecule has 21 heavy (non-hydrogen) atoms. The zero-order valence-electron chi connectivity index (χ0n) is 14.3. The molecule has 0 radical (unpaired) electrons. The van der Waals surface area contributed by atoms with E-state index in [4.69, 9.17) is 0 Å². The van der Waals surface area contributed by atoms with Crippen molar-refractivity contribution in [2.45, 2.75) is 52.2 Å². The number of nitrogens with one attached hydrogen (secondary N) is 1. The van der Waals surface area contributed by atoms with Gasteiger partial charge in [-0.1, -0.05) is 19.9 Å². The van der Waals surface area contributed by atoms with Gasteiger partial charge in [-0.15, -0.1) is 0 Å². The molecule has 1 aliphatic rings. The van der Waals surface area contributed by atoms with Gasteiger partial charge in [-0.05, 0) is 56.6 Å². The summed E-state index contributed by atoms with van der Waals surface area (Å²) in [6, 6.07) is 8.07. The normalized spacial score (nSPS) is 20.0. The number of likely N-dealkylation sites (tertiary alicyclic amines) is 1. The fraction of sp³-hybridized carbons (Fsp3) is 0.667. The molecule has 1 fully saturated rings. The van der Waals surface area contributed by atoms with Crippen LogP contribution in [0.3, 0.4) is 0 Å². The van der Waals surface area contributed by atoms with Crippen LogP contribution >= 0.6 is 0 Å². The highest BCUT2D eigenvalue weighted by Gasteiger charge is 2.21. The lowest BCUT2D eigenvalue weighted by molar-refractivity contribution is 0.248. The second-order valence-electron chi connectivity index (χ2n) is 6.82. The number of hydrogen-bond donors (Lipinski definition) is 1. The molecule has 1 aromatic carbocycles. The van der Waals surface area contributed by atoms with Crippen molar-refractivity contribution in [3.63, 3.8) is 0 Å². The van der Waals surface area contributed by atoms with Crippen LogP contribution in [-0.4, -0.2) is 44.2 Å². The Hall–Kier alpha value is -1.06. The predicted octanol–water partition coefficient (Wildman–Crippen LogP) is 3.02. The second-order valence-corrected chi connectivity index (χ2v) is 6.82. The van der Waals surface area contributed by atoms with Gasteiger partial charge in [0.15, 0.2) is 0 Å². The minimum atomic E-state index is 0.532. The third-order valence-corrected chi connectivity index (χ3v) is 4.58. The Balaban J connectivity index is 2.04. The summed E-state index contributed by atoms with van der Waals surface area (Å²) in [7, 11) is 4.47. The minimum Gasteiger partial charge on any atom is -0.370 e. The van der Waals surface area contributed by atoms with Crippen LogP contribution in [0.25, 0.3) is 0 Å². The van der Waals surface area contributed by atoms with Crippen molar-refractivity contribution >= 4 is 5.69 Å². The molecule has 3 nitrogen and oxygen atoms in total. The molecule has 1 heterocycles. The smallest absolute Gasteiger partial charge is 0.0414 e. The summed E-state index contributed by atoms with van der Waals surface area (Å²) in [5.41, 5.74) is 4.14. The van der Waals surface area contributed by atoms with E-state index in [0.717, 1.165) is 6.54 Å². The molecule has 118 valence electrons. The van der Waals surface area contributed by atoms with Gasteiger partial charge in [0.25, 0.3) is 0 Å². The van der Waals surface area contributed by atoms with Gasteiger partial charge in [0.1, 0.15) is 0 Å². The average molecular weight is 289 g/mol. The molecule has 1 aliphatic heterocycles. The number of aryl methyl sites for hydroxylation is 1. The Kier molecular flexibility index (Phi) is 5.65. The Morgan fingerprint density at radius 2 is 2.14 bits per heavy atom. The zero-order valence-corrected chi connectivity index (χ0v) is 14.3. The highest BCUT2D eigenvalue weighted by Crippen LogP contribution is 2.23. The first-order valence-corrected chi connectivity index (χ1v) is 8.21. The van der Waals surface area contributed by atoms with E-state index in [1.165, 1.54) is 42.7 Å². The van der Waals surface area contributed by atoms with E-state index in [1.54, 1.807) is 0 Å². The summed E-state index contributed by atoms with van der Waals surface area (Å²) >= 11 is 0. The Morgan fingerprint density at radius 3 is 2.76 bits per heavy atom. The number of hydrogen-bond acceptors (Lipinski definition) is 3. The molecule has 0 amide bonds. The molecule has 1 N–H and O–H groups in total. The van der Waals surface area contributed by atoms with E-state index < -0.39 is 0 Å². The summed E-state index contributed by atoms with van der Waals surface area (Å²) in [5, 5.41) is 3.50. The zero-order chi connectivity index (χ0) is 15.4. The van der Waals surface area contributed by atoms with E-state index in [-0.39, 0.29) is 0 Å². The molecule has 1 unspecified atom stereocenters. The van der Waals surface area contributed by atoms with E-state index in [1.807, 2.05) is 0 Å². The standard InChI is InChI=1S/C18H31N3/c1-14(2)19-12-16-8-9-17(11-15(16)3)21(5)18-7-6-10-20(4)13-18/h8-9,11,14,18-19H,6-7,10,12-13H2,1-5H3. The van der Waals surface area contributed by atoms with Gasteiger partial charge in [-0.2, -0.15) is 0 Å². The van der Waals surface area contributed by atoms with Gasteiger partial charge in [-0.25, -0.2) is 0 Å². The first-order chi connectivity index (χ1) is 9.97. The lowest BCUT2D eigenvalue weighted by Gasteiger charge is -2.37. The summed E-state index contributed by atoms with van der Waals surface area (Å²) in [6.45, 7) is 9.98. The molecule has 1 aromatic rings. The predicted molar refractivity (Wildman–Crippen MR) is 92.1 cm³/mol. The maximum absolute atomic E-state index is 3.50. The van der Waals surface area contributed by atoms with Crippen LogP contribution in [0, 0.1) is 6.92 Å². The topological polar surface area (TPSA) is 18.5 Å². The van der Waals surface area contributed by atoms with E-state index >= 15 is 0 Å². The van der Waals surface area contributed by atoms with Crippen LogP contribution in [0.5, 0.6) is 0 Å². The third-order valence-electron chi connectivity index (χ3n) is 4.58. The van der Waals surface area contributed by atoms with Gasteiger partial charge in [-0.3, -0.25) is 0 Å². The largest absolute Gasteiger partial charge is 0.370 e. The van der Waals surface area contributed by atoms with Gasteiger partial charge < -0.3 is 15.1 Å². The van der Waals surface area contributed by atoms with Crippen LogP contribution in [0.15, 0.2) is 18.2 Å². The maximum atomic E-state index is 3.50. The van der Waals surface area contributed by atoms with Gasteiger partial charge in [0.2, 0.25) is 0 Å². The monoisotopic (exact) mass is 289 g/mol. The third kappa shape index (κ3) is 4.45. The lowest BCUT2D eigenvalue weighted by Crippen LogP contribution is -2.45. The molecular weight excluding hydrogens is 258 g/mol. The van der Waals surface area contributed by atoms with E-state index in [2.05, 4.69) is 68.2 Å². The lowest BCUT2D eigenvalue weighted by atomic mass is 10.0. The molecule has 3 heteroatoms. The maximum Gasteiger partial charge on any atom is 0.0414 e. The van der Waals surface area contributed by atoms with E-state index in [9.17, 15) is 0 Å². The van der Waals surface area contributed by atoms with Crippen molar-refractivity contribution in [1.29, 1.82) is 0 Å². The quantitative estimate of drug-likeness (QED) is 0.899. The van der Waals surface area contributed by atoms with Gasteiger partial charge in [0, 0.05) is 37.9 Å². The number of anilines is 1. The van der Waals surface area contributed by atoms with Crippen LogP contribution in [-0.2, 0) is 6.54 Å². The first kappa shape index (κ1) is 16.3. The van der Waals surface area contributed by atoms with Crippen molar-refractivity contribution in [2.75, 3.05) is 32.1 Å². The highest BCUT2D eigenvalue weighted by molar-refractivity contribution is 5.51. The Morgan fingerprint density at radius 1 is 1.38 bits per heavy atom. The van der Waals surface area contributed by atoms with E-state index in [0.29, 0.717) is 12.1 Å². The summed E-state index contributed by atoms with van der Waals surface area (Å²) in [5.74, 6) is 0. The first-order valence-electron chi connectivity index (χ1n) is 8.21. The minimum absolute atomic E-state index is 0.532. The number of rotatable bonds is 5. The van der Waals surface area contributed by atoms with Crippen molar-refractivity contribution in [2.24, 2.45) is 0 Å². The fourth-order valence-electron chi connectivity index (χ4n) is 3.08. The molecule has 0 aromatic heterocycles. The van der Waals surface area contributed by atoms with Crippen LogP contribution in [0.4, 0.5) is 5.69 Å². The Bertz CT molecular complexity index is 456. The van der Waals surface area contributed by atoms with Crippen LogP contribution in [0.1, 0.15) is 37.8 Å². The van der Waals surface area contributed by atoms with Gasteiger partial charge >= 0.3 is 0 Å². The fourth-order valence-corrected chi connectivity index (χ4v) is 3.08. The molecule has 0 saturated carbocycles. The van der Waals surface area contributed by atoms with Crippen molar-refractivity contribution in [1.82, 2.24) is 10.2 Å². The van der Waals surface area contributed by atoms with Crippen LogP contribution in [0.2, 0.25) is 0 Å². The summed E-state index contributed by atoms with van der Waals surface area (Å²) in [6.07, 6.45) is 2.61. The summed E-state index contributed by atoms with van der Waals surface area (Å²) in [4.78, 5) is 4.90. The molecule has 0 aliphatic carbocycles. The number of piperidine rings is 1. The SMILES string of the molecule is Cc1cc(N(C)C2CCCN(C)C2)ccc1CNC(C)C. The highest BCUT2D eigenvalue weighted by atomic mass is 15.2. The molecular formula is C18H31N3. The molecule has 2 rings (SSSR count). The number of benzene rings is 1. The molecule has 0 spiro atoms. The van der Waals surface area contributed by atoms with Crippen molar-refractivity contribution in [3.05, 3.63) is 29.3 Å². The van der Waals surface area contributed by atoms with Crippen molar-refractivity contribution in [3.8, 4) is 0 Å². The van der Waals surface area contributed by atoms with Gasteiger partial charge in [0.05, 0.1) is 0 Å². The Labute approximate surface area is 130 Å². The molecule has 1 saturated heterocycles. The average Bonchev–Trinajstić information content (AvgIpc) is 2.45. The second kappa shape index (κ2) is 7.28. The molecule has 1 atom stereocenters. The number of nitrogens with zero attached hydrogens (tertiary/aromatic N) is 2. The van der Waals surface area contributed by atoms with Crippen molar-refractivity contribution < 1.29 is 0 Å². The summed E-state index contributed by atoms with van der Waals surface area (Å²) < 4.78 is 0. The molecule has 0 bridgehead atoms. The number of likely N-dealkylation sites (N-methyl/N-ethyl adjacent to an activating group) is 2. The van der Waals surface area contributed by atoms with Crippen LogP contribution < -0.4 is 10.2 Å².